The first-order chi connectivity index (χ1) is 21.6. The van der Waals surface area contributed by atoms with Gasteiger partial charge in [0.05, 0.1) is 22.1 Å². The normalized spacial score (nSPS) is 16.4. The summed E-state index contributed by atoms with van der Waals surface area (Å²) in [6.07, 6.45) is 2.34. The van der Waals surface area contributed by atoms with Crippen molar-refractivity contribution in [3.05, 3.63) is 74.6 Å². The van der Waals surface area contributed by atoms with Crippen LogP contribution >= 0.6 is 0 Å². The van der Waals surface area contributed by atoms with Crippen molar-refractivity contribution in [2.24, 2.45) is 0 Å². The van der Waals surface area contributed by atoms with Gasteiger partial charge in [0.2, 0.25) is 0 Å². The number of aliphatic hydroxyl groups is 1. The van der Waals surface area contributed by atoms with E-state index in [1.165, 1.54) is 0 Å². The van der Waals surface area contributed by atoms with Gasteiger partial charge in [-0.2, -0.15) is 0 Å². The van der Waals surface area contributed by atoms with Crippen LogP contribution in [0.15, 0.2) is 52.1 Å². The van der Waals surface area contributed by atoms with Crippen LogP contribution in [0.25, 0.3) is 27.6 Å². The highest BCUT2D eigenvalue weighted by atomic mass is 16.6. The van der Waals surface area contributed by atoms with Gasteiger partial charge >= 0.3 is 23.6 Å². The van der Waals surface area contributed by atoms with Crippen LogP contribution in [-0.4, -0.2) is 91.5 Å². The summed E-state index contributed by atoms with van der Waals surface area (Å²) < 4.78 is 10.8. The zero-order valence-electron chi connectivity index (χ0n) is 27.4. The fourth-order valence-electron chi connectivity index (χ4n) is 5.29. The number of ether oxygens (including phenoxy) is 2. The Morgan fingerprint density at radius 3 is 1.87 bits per heavy atom. The zero-order valence-corrected chi connectivity index (χ0v) is 27.4. The number of aromatic amines is 4. The van der Waals surface area contributed by atoms with Crippen LogP contribution in [0.4, 0.5) is 9.59 Å². The third kappa shape index (κ3) is 8.68. The van der Waals surface area contributed by atoms with Crippen molar-refractivity contribution >= 4 is 39.8 Å². The van der Waals surface area contributed by atoms with Crippen LogP contribution < -0.4 is 11.4 Å². The number of aliphatic hydroxyl groups excluding tert-OH is 1. The average Bonchev–Trinajstić information content (AvgIpc) is 3.77. The summed E-state index contributed by atoms with van der Waals surface area (Å²) >= 11 is 0. The minimum absolute atomic E-state index is 0.200. The molecule has 248 valence electrons. The standard InChI is InChI=1S/C16H21N3O3.C16H19N3O3.CH4O/c2*1-16(2,3)22-15(21)19-7-6-11(9-19)10-4-5-12-13(8-10)18-14(20)17-12;1-2/h4-5,8,11H,6-7,9H2,1-3H3,(H2,17,18,20);4-6,8H,7,9H2,1-3H3,(H2,17,18,20);2H,1H3. The molecular weight excluding hydrogens is 592 g/mol. The van der Waals surface area contributed by atoms with Gasteiger partial charge in [0, 0.05) is 39.2 Å². The van der Waals surface area contributed by atoms with E-state index in [4.69, 9.17) is 14.6 Å². The molecular formula is C33H44N6O7. The summed E-state index contributed by atoms with van der Waals surface area (Å²) in [5, 5.41) is 7.00. The molecule has 2 aliphatic heterocycles. The number of carbonyl (C=O) groups is 2. The number of nitrogens with zero attached hydrogens (tertiary/aromatic N) is 2. The van der Waals surface area contributed by atoms with Gasteiger partial charge in [-0.15, -0.1) is 0 Å². The van der Waals surface area contributed by atoms with Gasteiger partial charge in [-0.1, -0.05) is 18.2 Å². The molecule has 6 rings (SSSR count). The molecule has 0 aliphatic carbocycles. The quantitative estimate of drug-likeness (QED) is 0.212. The summed E-state index contributed by atoms with van der Waals surface area (Å²) in [6, 6.07) is 11.6. The molecule has 1 atom stereocenters. The second-order valence-electron chi connectivity index (χ2n) is 13.2. The molecule has 1 saturated heterocycles. The molecule has 13 nitrogen and oxygen atoms in total. The van der Waals surface area contributed by atoms with E-state index in [-0.39, 0.29) is 29.5 Å². The Kier molecular flexibility index (Phi) is 10.1. The van der Waals surface area contributed by atoms with Crippen molar-refractivity contribution in [1.82, 2.24) is 29.7 Å². The van der Waals surface area contributed by atoms with E-state index in [9.17, 15) is 19.2 Å². The van der Waals surface area contributed by atoms with Crippen molar-refractivity contribution in [3.63, 3.8) is 0 Å². The molecule has 4 aromatic rings. The van der Waals surface area contributed by atoms with Crippen LogP contribution in [0.1, 0.15) is 65.0 Å². The van der Waals surface area contributed by atoms with Gasteiger partial charge in [0.15, 0.2) is 0 Å². The topological polar surface area (TPSA) is 177 Å². The van der Waals surface area contributed by atoms with Crippen LogP contribution in [0.3, 0.4) is 0 Å². The molecule has 13 heteroatoms. The summed E-state index contributed by atoms with van der Waals surface area (Å²) in [7, 11) is 1.00. The highest BCUT2D eigenvalue weighted by molar-refractivity contribution is 5.83. The smallest absolute Gasteiger partial charge is 0.410 e. The molecule has 0 bridgehead atoms. The molecule has 5 N–H and O–H groups in total. The SMILES string of the molecule is CC(C)(C)OC(=O)N1CC=C(c2ccc3[nH]c(=O)[nH]c3c2)C1.CC(C)(C)OC(=O)N1CCC(c2ccc3[nH]c(=O)[nH]c3c2)C1.CO. The predicted molar refractivity (Wildman–Crippen MR) is 177 cm³/mol. The minimum Gasteiger partial charge on any atom is -0.444 e. The van der Waals surface area contributed by atoms with E-state index in [0.29, 0.717) is 26.2 Å². The third-order valence-corrected chi connectivity index (χ3v) is 7.31. The van der Waals surface area contributed by atoms with Gasteiger partial charge in [0.25, 0.3) is 0 Å². The lowest BCUT2D eigenvalue weighted by molar-refractivity contribution is 0.0287. The fourth-order valence-corrected chi connectivity index (χ4v) is 5.29. The number of rotatable bonds is 2. The second kappa shape index (κ2) is 13.7. The highest BCUT2D eigenvalue weighted by Gasteiger charge is 2.31. The van der Waals surface area contributed by atoms with Gasteiger partial charge in [-0.25, -0.2) is 19.2 Å². The van der Waals surface area contributed by atoms with Gasteiger partial charge < -0.3 is 44.3 Å². The van der Waals surface area contributed by atoms with Gasteiger partial charge in [0.1, 0.15) is 11.2 Å². The second-order valence-corrected chi connectivity index (χ2v) is 13.2. The van der Waals surface area contributed by atoms with Crippen molar-refractivity contribution in [3.8, 4) is 0 Å². The molecule has 2 aromatic carbocycles. The Labute approximate surface area is 266 Å². The molecule has 4 heterocycles. The van der Waals surface area contributed by atoms with E-state index in [1.807, 2.05) is 84.0 Å². The fraction of sp³-hybridized carbons (Fsp3) is 0.455. The van der Waals surface area contributed by atoms with Crippen LogP contribution in [-0.2, 0) is 9.47 Å². The molecule has 46 heavy (non-hydrogen) atoms. The number of benzene rings is 2. The predicted octanol–water partition coefficient (Wildman–Crippen LogP) is 4.68. The van der Waals surface area contributed by atoms with Crippen LogP contribution in [0, 0.1) is 0 Å². The van der Waals surface area contributed by atoms with Crippen molar-refractivity contribution in [2.75, 3.05) is 33.3 Å². The Morgan fingerprint density at radius 2 is 1.28 bits per heavy atom. The van der Waals surface area contributed by atoms with E-state index in [2.05, 4.69) is 19.9 Å². The lowest BCUT2D eigenvalue weighted by atomic mass is 9.98. The lowest BCUT2D eigenvalue weighted by Crippen LogP contribution is -2.35. The maximum absolute atomic E-state index is 12.1. The Bertz CT molecular complexity index is 1810. The number of hydrogen-bond acceptors (Lipinski definition) is 7. The summed E-state index contributed by atoms with van der Waals surface area (Å²) in [5.74, 6) is 0.273. The van der Waals surface area contributed by atoms with Gasteiger partial charge in [-0.05, 0) is 88.9 Å². The Balaban J connectivity index is 0.000000198. The molecule has 0 spiro atoms. The van der Waals surface area contributed by atoms with E-state index >= 15 is 0 Å². The van der Waals surface area contributed by atoms with E-state index in [1.54, 1.807) is 9.80 Å². The lowest BCUT2D eigenvalue weighted by Gasteiger charge is -2.24. The van der Waals surface area contributed by atoms with Crippen molar-refractivity contribution in [1.29, 1.82) is 0 Å². The molecule has 2 aliphatic rings. The van der Waals surface area contributed by atoms with E-state index < -0.39 is 11.2 Å². The number of hydrogen-bond donors (Lipinski definition) is 5. The first-order valence-corrected chi connectivity index (χ1v) is 15.2. The largest absolute Gasteiger partial charge is 0.444 e. The molecule has 2 aromatic heterocycles. The van der Waals surface area contributed by atoms with Crippen LogP contribution in [0.5, 0.6) is 0 Å². The summed E-state index contributed by atoms with van der Waals surface area (Å²) in [6.45, 7) is 13.6. The maximum atomic E-state index is 12.1. The Hall–Kier alpha value is -4.78. The summed E-state index contributed by atoms with van der Waals surface area (Å²) in [4.78, 5) is 61.2. The monoisotopic (exact) mass is 636 g/mol. The summed E-state index contributed by atoms with van der Waals surface area (Å²) in [5.41, 5.74) is 4.93. The zero-order chi connectivity index (χ0) is 33.8. The number of amides is 2. The number of fused-ring (bicyclic) bond motifs is 2. The molecule has 1 unspecified atom stereocenters. The first kappa shape index (κ1) is 34.1. The Morgan fingerprint density at radius 1 is 0.761 bits per heavy atom. The van der Waals surface area contributed by atoms with Crippen LogP contribution in [0.2, 0.25) is 0 Å². The number of H-pyrrole nitrogens is 4. The third-order valence-electron chi connectivity index (χ3n) is 7.31. The minimum atomic E-state index is -0.497. The maximum Gasteiger partial charge on any atom is 0.410 e. The first-order valence-electron chi connectivity index (χ1n) is 15.2. The number of imidazole rings is 2. The highest BCUT2D eigenvalue weighted by Crippen LogP contribution is 2.29. The number of aromatic nitrogens is 4. The average molecular weight is 637 g/mol. The molecule has 0 radical (unpaired) electrons. The molecule has 0 saturated carbocycles. The molecule has 2 amide bonds. The number of carbonyl (C=O) groups excluding carboxylic acids is 2. The van der Waals surface area contributed by atoms with Crippen molar-refractivity contribution < 1.29 is 24.2 Å². The van der Waals surface area contributed by atoms with Gasteiger partial charge in [-0.3, -0.25) is 0 Å². The molecule has 1 fully saturated rings. The van der Waals surface area contributed by atoms with Crippen molar-refractivity contribution in [2.45, 2.75) is 65.1 Å². The number of nitrogens with one attached hydrogen (secondary N) is 4. The van der Waals surface area contributed by atoms with E-state index in [0.717, 1.165) is 52.3 Å². The number of likely N-dealkylation sites (tertiary alicyclic amines) is 1.